The van der Waals surface area contributed by atoms with Crippen LogP contribution in [0.4, 0.5) is 30.7 Å². The Balaban J connectivity index is 2.82. The van der Waals surface area contributed by atoms with Crippen LogP contribution in [0.3, 0.4) is 0 Å². The van der Waals surface area contributed by atoms with E-state index in [1.54, 1.807) is 0 Å². The number of nitrogens with zero attached hydrogens (tertiary/aromatic N) is 1. The number of carbonyl (C=O) groups excluding carboxylic acids is 2. The van der Waals surface area contributed by atoms with Gasteiger partial charge in [0.25, 0.3) is 5.91 Å². The molecule has 0 radical (unpaired) electrons. The standard InChI is InChI=1S/C10H9F7N2O3/c11-5(4-22-8(21)10(15,16)17)7(20)19-2-1-18-3-6(19)9(12,13)14/h4,6,18H,1-3H2/b5-4-/t6-/m1/s1. The Morgan fingerprint density at radius 2 is 1.77 bits per heavy atom. The van der Waals surface area contributed by atoms with Crippen LogP contribution in [0.1, 0.15) is 0 Å². The number of nitrogens with one attached hydrogen (secondary N) is 1. The molecule has 1 rings (SSSR count). The number of alkyl halides is 6. The van der Waals surface area contributed by atoms with Gasteiger partial charge in [-0.3, -0.25) is 4.79 Å². The van der Waals surface area contributed by atoms with Gasteiger partial charge in [0, 0.05) is 19.6 Å². The van der Waals surface area contributed by atoms with Crippen molar-refractivity contribution in [3.05, 3.63) is 12.1 Å². The SMILES string of the molecule is O=C(/C(F)=C/OC(=O)C(F)(F)F)N1CCNC[C@@H]1C(F)(F)F. The first-order valence-electron chi connectivity index (χ1n) is 5.66. The van der Waals surface area contributed by atoms with Gasteiger partial charge in [-0.15, -0.1) is 0 Å². The monoisotopic (exact) mass is 338 g/mol. The lowest BCUT2D eigenvalue weighted by atomic mass is 10.2. The molecular formula is C10H9F7N2O3. The highest BCUT2D eigenvalue weighted by Gasteiger charge is 2.47. The maximum Gasteiger partial charge on any atom is 0.491 e. The van der Waals surface area contributed by atoms with E-state index < -0.39 is 55.4 Å². The fourth-order valence-corrected chi connectivity index (χ4v) is 1.60. The molecule has 0 aromatic heterocycles. The summed E-state index contributed by atoms with van der Waals surface area (Å²) in [5, 5.41) is 2.35. The second-order valence-corrected chi connectivity index (χ2v) is 4.13. The van der Waals surface area contributed by atoms with Crippen molar-refractivity contribution in [1.29, 1.82) is 0 Å². The van der Waals surface area contributed by atoms with Crippen molar-refractivity contribution in [2.24, 2.45) is 0 Å². The Bertz CT molecular complexity index is 472. The van der Waals surface area contributed by atoms with Gasteiger partial charge in [0.2, 0.25) is 5.83 Å². The van der Waals surface area contributed by atoms with E-state index in [-0.39, 0.29) is 11.4 Å². The summed E-state index contributed by atoms with van der Waals surface area (Å²) < 4.78 is 90.1. The summed E-state index contributed by atoms with van der Waals surface area (Å²) in [5.41, 5.74) is 0. The molecule has 1 heterocycles. The summed E-state index contributed by atoms with van der Waals surface area (Å²) in [6.45, 7) is -1.27. The number of hydrogen-bond acceptors (Lipinski definition) is 4. The van der Waals surface area contributed by atoms with Crippen LogP contribution in [0.5, 0.6) is 0 Å². The number of rotatable bonds is 2. The Morgan fingerprint density at radius 3 is 2.27 bits per heavy atom. The summed E-state index contributed by atoms with van der Waals surface area (Å²) in [5.74, 6) is -6.67. The molecule has 126 valence electrons. The van der Waals surface area contributed by atoms with E-state index in [0.717, 1.165) is 0 Å². The number of piperazine rings is 1. The number of halogens is 7. The largest absolute Gasteiger partial charge is 0.491 e. The van der Waals surface area contributed by atoms with Crippen LogP contribution < -0.4 is 5.32 Å². The predicted octanol–water partition coefficient (Wildman–Crippen LogP) is 1.27. The highest BCUT2D eigenvalue weighted by atomic mass is 19.4. The van der Waals surface area contributed by atoms with Crippen molar-refractivity contribution < 1.29 is 45.1 Å². The minimum absolute atomic E-state index is 0.0616. The van der Waals surface area contributed by atoms with Crippen molar-refractivity contribution >= 4 is 11.9 Å². The molecule has 5 nitrogen and oxygen atoms in total. The number of ether oxygens (including phenoxy) is 1. The van der Waals surface area contributed by atoms with Gasteiger partial charge in [-0.1, -0.05) is 0 Å². The predicted molar refractivity (Wildman–Crippen MR) is 55.8 cm³/mol. The van der Waals surface area contributed by atoms with Gasteiger partial charge in [0.05, 0.1) is 0 Å². The molecule has 0 aromatic rings. The Morgan fingerprint density at radius 1 is 1.18 bits per heavy atom. The van der Waals surface area contributed by atoms with Gasteiger partial charge in [-0.25, -0.2) is 4.79 Å². The maximum absolute atomic E-state index is 13.3. The average molecular weight is 338 g/mol. The fraction of sp³-hybridized carbons (Fsp3) is 0.600. The van der Waals surface area contributed by atoms with Crippen LogP contribution in [0.15, 0.2) is 12.1 Å². The van der Waals surface area contributed by atoms with Gasteiger partial charge >= 0.3 is 18.3 Å². The van der Waals surface area contributed by atoms with Crippen molar-refractivity contribution in [1.82, 2.24) is 10.2 Å². The molecule has 12 heteroatoms. The zero-order valence-corrected chi connectivity index (χ0v) is 10.6. The Kier molecular flexibility index (Phi) is 5.38. The third-order valence-corrected chi connectivity index (χ3v) is 2.59. The van der Waals surface area contributed by atoms with E-state index in [1.807, 2.05) is 0 Å². The molecule has 22 heavy (non-hydrogen) atoms. The van der Waals surface area contributed by atoms with E-state index in [4.69, 9.17) is 0 Å². The van der Waals surface area contributed by atoms with E-state index in [1.165, 1.54) is 0 Å². The summed E-state index contributed by atoms with van der Waals surface area (Å²) in [6, 6.07) is -2.34. The van der Waals surface area contributed by atoms with Gasteiger partial charge in [0.15, 0.2) is 0 Å². The molecule has 0 aromatic carbocycles. The van der Waals surface area contributed by atoms with Crippen LogP contribution in [0.25, 0.3) is 0 Å². The molecule has 1 amide bonds. The average Bonchev–Trinajstić information content (AvgIpc) is 2.41. The van der Waals surface area contributed by atoms with Gasteiger partial charge in [-0.2, -0.15) is 30.7 Å². The number of amides is 1. The minimum Gasteiger partial charge on any atom is -0.424 e. The van der Waals surface area contributed by atoms with Crippen LogP contribution in [-0.2, 0) is 14.3 Å². The molecule has 0 spiro atoms. The molecule has 0 bridgehead atoms. The molecule has 1 aliphatic heterocycles. The van der Waals surface area contributed by atoms with E-state index >= 15 is 0 Å². The van der Waals surface area contributed by atoms with Crippen molar-refractivity contribution in [2.45, 2.75) is 18.4 Å². The van der Waals surface area contributed by atoms with E-state index in [0.29, 0.717) is 0 Å². The van der Waals surface area contributed by atoms with Crippen LogP contribution in [0, 0.1) is 0 Å². The molecule has 0 unspecified atom stereocenters. The van der Waals surface area contributed by atoms with Crippen molar-refractivity contribution in [3.8, 4) is 0 Å². The topological polar surface area (TPSA) is 58.6 Å². The van der Waals surface area contributed by atoms with E-state index in [2.05, 4.69) is 10.1 Å². The zero-order chi connectivity index (χ0) is 17.1. The molecule has 1 N–H and O–H groups in total. The smallest absolute Gasteiger partial charge is 0.424 e. The molecule has 0 aliphatic carbocycles. The van der Waals surface area contributed by atoms with Crippen molar-refractivity contribution in [3.63, 3.8) is 0 Å². The fourth-order valence-electron chi connectivity index (χ4n) is 1.60. The first-order valence-corrected chi connectivity index (χ1v) is 5.66. The summed E-state index contributed by atoms with van der Waals surface area (Å²) in [7, 11) is 0. The number of carbonyl (C=O) groups is 2. The van der Waals surface area contributed by atoms with Crippen LogP contribution in [-0.4, -0.2) is 54.8 Å². The Hall–Kier alpha value is -1.85. The minimum atomic E-state index is -5.43. The summed E-state index contributed by atoms with van der Waals surface area (Å²) in [6.07, 6.45) is -10.7. The van der Waals surface area contributed by atoms with Gasteiger partial charge in [0.1, 0.15) is 12.3 Å². The molecule has 1 fully saturated rings. The van der Waals surface area contributed by atoms with Gasteiger partial charge < -0.3 is 15.0 Å². The molecule has 0 saturated carbocycles. The van der Waals surface area contributed by atoms with E-state index in [9.17, 15) is 40.3 Å². The lowest BCUT2D eigenvalue weighted by molar-refractivity contribution is -0.194. The normalized spacial score (nSPS) is 20.8. The first kappa shape index (κ1) is 18.2. The van der Waals surface area contributed by atoms with Crippen LogP contribution >= 0.6 is 0 Å². The second kappa shape index (κ2) is 6.50. The molecule has 1 atom stereocenters. The summed E-state index contributed by atoms with van der Waals surface area (Å²) >= 11 is 0. The van der Waals surface area contributed by atoms with Crippen LogP contribution in [0.2, 0.25) is 0 Å². The second-order valence-electron chi connectivity index (χ2n) is 4.13. The maximum atomic E-state index is 13.3. The first-order chi connectivity index (χ1) is 9.94. The highest BCUT2D eigenvalue weighted by Crippen LogP contribution is 2.27. The highest BCUT2D eigenvalue weighted by molar-refractivity contribution is 5.91. The number of hydrogen-bond donors (Lipinski definition) is 1. The zero-order valence-electron chi connectivity index (χ0n) is 10.6. The van der Waals surface area contributed by atoms with Gasteiger partial charge in [-0.05, 0) is 0 Å². The number of esters is 1. The third kappa shape index (κ3) is 4.58. The Labute approximate surface area is 118 Å². The lowest BCUT2D eigenvalue weighted by Crippen LogP contribution is -2.59. The lowest BCUT2D eigenvalue weighted by Gasteiger charge is -2.36. The molecule has 1 aliphatic rings. The summed E-state index contributed by atoms with van der Waals surface area (Å²) in [4.78, 5) is 21.9. The molecular weight excluding hydrogens is 329 g/mol. The third-order valence-electron chi connectivity index (χ3n) is 2.59. The van der Waals surface area contributed by atoms with Crippen molar-refractivity contribution in [2.75, 3.05) is 19.6 Å². The molecule has 1 saturated heterocycles. The quantitative estimate of drug-likeness (QED) is 0.357.